The number of carbonyl (C=O) groups is 2. The molecule has 1 aromatic carbocycles. The van der Waals surface area contributed by atoms with Crippen molar-refractivity contribution in [2.24, 2.45) is 11.8 Å². The lowest BCUT2D eigenvalue weighted by atomic mass is 9.96. The van der Waals surface area contributed by atoms with Gasteiger partial charge in [-0.3, -0.25) is 4.79 Å². The SMILES string of the molecule is CC(C)C1C(=O)ON(c2ccccc2)C1=O. The molecule has 0 spiro atoms. The maximum absolute atomic E-state index is 11.9. The van der Waals surface area contributed by atoms with Crippen LogP contribution in [0.3, 0.4) is 0 Å². The number of carbonyl (C=O) groups excluding carboxylic acids is 2. The van der Waals surface area contributed by atoms with Crippen molar-refractivity contribution in [1.82, 2.24) is 0 Å². The molecule has 1 fully saturated rings. The van der Waals surface area contributed by atoms with E-state index in [1.807, 2.05) is 19.9 Å². The zero-order valence-corrected chi connectivity index (χ0v) is 9.21. The third kappa shape index (κ3) is 1.66. The molecule has 1 saturated heterocycles. The minimum absolute atomic E-state index is 0.0475. The van der Waals surface area contributed by atoms with Crippen LogP contribution in [-0.4, -0.2) is 11.9 Å². The summed E-state index contributed by atoms with van der Waals surface area (Å²) in [7, 11) is 0. The summed E-state index contributed by atoms with van der Waals surface area (Å²) in [4.78, 5) is 28.4. The fourth-order valence-electron chi connectivity index (χ4n) is 1.72. The molecule has 0 radical (unpaired) electrons. The van der Waals surface area contributed by atoms with E-state index < -0.39 is 11.9 Å². The fraction of sp³-hybridized carbons (Fsp3) is 0.333. The first kappa shape index (κ1) is 10.7. The molecule has 0 bridgehead atoms. The Morgan fingerprint density at radius 3 is 2.31 bits per heavy atom. The van der Waals surface area contributed by atoms with Gasteiger partial charge in [0.1, 0.15) is 5.92 Å². The Morgan fingerprint density at radius 1 is 1.19 bits per heavy atom. The summed E-state index contributed by atoms with van der Waals surface area (Å²) in [5.74, 6) is -1.48. The van der Waals surface area contributed by atoms with Crippen LogP contribution in [0.15, 0.2) is 30.3 Å². The van der Waals surface area contributed by atoms with E-state index in [9.17, 15) is 9.59 Å². The monoisotopic (exact) mass is 219 g/mol. The molecule has 4 heteroatoms. The molecule has 1 aromatic rings. The number of hydrogen-bond acceptors (Lipinski definition) is 3. The second kappa shape index (κ2) is 3.96. The maximum atomic E-state index is 11.9. The van der Waals surface area contributed by atoms with E-state index in [1.54, 1.807) is 24.3 Å². The molecular weight excluding hydrogens is 206 g/mol. The molecule has 4 nitrogen and oxygen atoms in total. The van der Waals surface area contributed by atoms with Gasteiger partial charge in [-0.15, -0.1) is 5.06 Å². The van der Waals surface area contributed by atoms with Gasteiger partial charge in [0.25, 0.3) is 5.91 Å². The molecule has 2 rings (SSSR count). The molecule has 1 unspecified atom stereocenters. The standard InChI is InChI=1S/C12H13NO3/c1-8(2)10-11(14)13(16-12(10)15)9-6-4-3-5-7-9/h3-8,10H,1-2H3. The van der Waals surface area contributed by atoms with Gasteiger partial charge in [0.15, 0.2) is 0 Å². The van der Waals surface area contributed by atoms with Crippen LogP contribution in [0.4, 0.5) is 5.69 Å². The Balaban J connectivity index is 2.28. The van der Waals surface area contributed by atoms with E-state index in [4.69, 9.17) is 4.84 Å². The molecule has 16 heavy (non-hydrogen) atoms. The Kier molecular flexibility index (Phi) is 2.64. The van der Waals surface area contributed by atoms with Crippen molar-refractivity contribution in [1.29, 1.82) is 0 Å². The van der Waals surface area contributed by atoms with Crippen LogP contribution in [-0.2, 0) is 14.4 Å². The number of hydrogen-bond donors (Lipinski definition) is 0. The smallest absolute Gasteiger partial charge is 0.332 e. The van der Waals surface area contributed by atoms with Gasteiger partial charge in [-0.05, 0) is 18.1 Å². The number of nitrogens with zero attached hydrogens (tertiary/aromatic N) is 1. The van der Waals surface area contributed by atoms with Crippen molar-refractivity contribution in [3.05, 3.63) is 30.3 Å². The van der Waals surface area contributed by atoms with E-state index in [-0.39, 0.29) is 11.8 Å². The zero-order valence-electron chi connectivity index (χ0n) is 9.21. The van der Waals surface area contributed by atoms with Crippen LogP contribution in [0.25, 0.3) is 0 Å². The Morgan fingerprint density at radius 2 is 1.81 bits per heavy atom. The summed E-state index contributed by atoms with van der Waals surface area (Å²) in [5.41, 5.74) is 0.587. The molecule has 1 atom stereocenters. The molecule has 1 aliphatic rings. The summed E-state index contributed by atoms with van der Waals surface area (Å²) in [6.45, 7) is 3.66. The number of hydroxylamine groups is 1. The van der Waals surface area contributed by atoms with Gasteiger partial charge in [-0.25, -0.2) is 4.79 Å². The zero-order chi connectivity index (χ0) is 11.7. The molecule has 0 saturated carbocycles. The van der Waals surface area contributed by atoms with Gasteiger partial charge in [0.2, 0.25) is 0 Å². The van der Waals surface area contributed by atoms with Crippen LogP contribution >= 0.6 is 0 Å². The van der Waals surface area contributed by atoms with Gasteiger partial charge in [-0.2, -0.15) is 0 Å². The van der Waals surface area contributed by atoms with E-state index >= 15 is 0 Å². The average molecular weight is 219 g/mol. The minimum atomic E-state index is -0.680. The lowest BCUT2D eigenvalue weighted by Crippen LogP contribution is -2.28. The summed E-state index contributed by atoms with van der Waals surface area (Å²) in [6.07, 6.45) is 0. The average Bonchev–Trinajstić information content (AvgIpc) is 2.55. The topological polar surface area (TPSA) is 46.6 Å². The highest BCUT2D eigenvalue weighted by molar-refractivity contribution is 6.10. The van der Waals surface area contributed by atoms with Gasteiger partial charge in [0, 0.05) is 0 Å². The first-order chi connectivity index (χ1) is 7.61. The van der Waals surface area contributed by atoms with Crippen molar-refractivity contribution in [3.63, 3.8) is 0 Å². The van der Waals surface area contributed by atoms with Gasteiger partial charge >= 0.3 is 5.97 Å². The predicted octanol–water partition coefficient (Wildman–Crippen LogP) is 1.76. The Bertz CT molecular complexity index is 414. The molecule has 1 heterocycles. The van der Waals surface area contributed by atoms with Gasteiger partial charge in [-0.1, -0.05) is 32.0 Å². The number of benzene rings is 1. The van der Waals surface area contributed by atoms with Crippen LogP contribution in [0.1, 0.15) is 13.8 Å². The molecule has 1 amide bonds. The summed E-state index contributed by atoms with van der Waals surface area (Å²) < 4.78 is 0. The van der Waals surface area contributed by atoms with E-state index in [0.717, 1.165) is 5.06 Å². The van der Waals surface area contributed by atoms with Crippen LogP contribution in [0.5, 0.6) is 0 Å². The Labute approximate surface area is 93.8 Å². The van der Waals surface area contributed by atoms with Crippen molar-refractivity contribution >= 4 is 17.6 Å². The minimum Gasteiger partial charge on any atom is -0.332 e. The second-order valence-electron chi connectivity index (χ2n) is 4.10. The summed E-state index contributed by atoms with van der Waals surface area (Å²) in [6, 6.07) is 8.88. The maximum Gasteiger partial charge on any atom is 0.345 e. The molecule has 0 aromatic heterocycles. The van der Waals surface area contributed by atoms with Crippen LogP contribution in [0.2, 0.25) is 0 Å². The third-order valence-electron chi connectivity index (χ3n) is 2.56. The first-order valence-corrected chi connectivity index (χ1v) is 5.22. The van der Waals surface area contributed by atoms with Crippen molar-refractivity contribution in [2.75, 3.05) is 5.06 Å². The van der Waals surface area contributed by atoms with Crippen molar-refractivity contribution < 1.29 is 14.4 Å². The van der Waals surface area contributed by atoms with Gasteiger partial charge in [0.05, 0.1) is 5.69 Å². The van der Waals surface area contributed by atoms with E-state index in [1.165, 1.54) is 0 Å². The molecule has 84 valence electrons. The lowest BCUT2D eigenvalue weighted by Gasteiger charge is -2.13. The molecule has 1 aliphatic heterocycles. The largest absolute Gasteiger partial charge is 0.345 e. The summed E-state index contributed by atoms with van der Waals surface area (Å²) >= 11 is 0. The number of rotatable bonds is 2. The highest BCUT2D eigenvalue weighted by atomic mass is 16.7. The predicted molar refractivity (Wildman–Crippen MR) is 58.3 cm³/mol. The second-order valence-corrected chi connectivity index (χ2v) is 4.10. The normalized spacial score (nSPS) is 20.4. The lowest BCUT2D eigenvalue weighted by molar-refractivity contribution is -0.143. The number of anilines is 1. The number of amides is 1. The Hall–Kier alpha value is -1.84. The van der Waals surface area contributed by atoms with Crippen molar-refractivity contribution in [2.45, 2.75) is 13.8 Å². The highest BCUT2D eigenvalue weighted by Crippen LogP contribution is 2.28. The third-order valence-corrected chi connectivity index (χ3v) is 2.56. The van der Waals surface area contributed by atoms with Crippen LogP contribution < -0.4 is 5.06 Å². The fourth-order valence-corrected chi connectivity index (χ4v) is 1.72. The molecular formula is C12H13NO3. The first-order valence-electron chi connectivity index (χ1n) is 5.22. The quantitative estimate of drug-likeness (QED) is 0.712. The van der Waals surface area contributed by atoms with Crippen molar-refractivity contribution in [3.8, 4) is 0 Å². The molecule has 0 N–H and O–H groups in total. The summed E-state index contributed by atoms with van der Waals surface area (Å²) in [5, 5.41) is 1.08. The van der Waals surface area contributed by atoms with E-state index in [2.05, 4.69) is 0 Å². The highest BCUT2D eigenvalue weighted by Gasteiger charge is 2.44. The van der Waals surface area contributed by atoms with Crippen LogP contribution in [0, 0.1) is 11.8 Å². The number of para-hydroxylation sites is 1. The van der Waals surface area contributed by atoms with E-state index in [0.29, 0.717) is 5.69 Å². The van der Waals surface area contributed by atoms with Gasteiger partial charge < -0.3 is 4.84 Å². The molecule has 0 aliphatic carbocycles.